The third-order valence-electron chi connectivity index (χ3n) is 2.34. The molecule has 1 rings (SSSR count). The van der Waals surface area contributed by atoms with Gasteiger partial charge in [0.1, 0.15) is 5.60 Å². The number of nitrogens with one attached hydrogen (secondary N) is 1. The molecular weight excluding hydrogens is 242 g/mol. The van der Waals surface area contributed by atoms with E-state index >= 15 is 0 Å². The molecule has 0 aliphatic carbocycles. The highest BCUT2D eigenvalue weighted by molar-refractivity contribution is 5.72. The Labute approximate surface area is 115 Å². The Bertz CT molecular complexity index is 425. The van der Waals surface area contributed by atoms with E-state index in [4.69, 9.17) is 4.74 Å². The molecule has 0 amide bonds. The Kier molecular flexibility index (Phi) is 4.74. The number of hydrogen-bond donors (Lipinski definition) is 1. The normalized spacial score (nSPS) is 12.5. The van der Waals surface area contributed by atoms with E-state index in [0.29, 0.717) is 6.54 Å². The first-order valence-corrected chi connectivity index (χ1v) is 6.54. The maximum atomic E-state index is 11.5. The highest BCUT2D eigenvalue weighted by Gasteiger charge is 2.16. The summed E-state index contributed by atoms with van der Waals surface area (Å²) in [7, 11) is 0. The van der Waals surface area contributed by atoms with Crippen LogP contribution in [0.15, 0.2) is 12.4 Å². The molecule has 0 fully saturated rings. The molecule has 0 spiro atoms. The molecule has 0 atom stereocenters. The summed E-state index contributed by atoms with van der Waals surface area (Å²) in [4.78, 5) is 11.5. The van der Waals surface area contributed by atoms with Gasteiger partial charge in [0, 0.05) is 18.3 Å². The van der Waals surface area contributed by atoms with Crippen LogP contribution >= 0.6 is 0 Å². The Morgan fingerprint density at radius 3 is 2.42 bits per heavy atom. The number of esters is 1. The van der Waals surface area contributed by atoms with Gasteiger partial charge >= 0.3 is 5.97 Å². The van der Waals surface area contributed by atoms with Gasteiger partial charge in [-0.2, -0.15) is 5.10 Å². The van der Waals surface area contributed by atoms with Crippen molar-refractivity contribution in [1.82, 2.24) is 15.1 Å². The summed E-state index contributed by atoms with van der Waals surface area (Å²) in [5.74, 6) is -0.240. The van der Waals surface area contributed by atoms with Crippen LogP contribution in [0, 0.1) is 0 Å². The van der Waals surface area contributed by atoms with Gasteiger partial charge in [-0.25, -0.2) is 0 Å². The molecule has 0 saturated heterocycles. The van der Waals surface area contributed by atoms with E-state index in [0.717, 1.165) is 5.56 Å². The van der Waals surface area contributed by atoms with Crippen LogP contribution < -0.4 is 5.32 Å². The first-order valence-electron chi connectivity index (χ1n) is 6.54. The van der Waals surface area contributed by atoms with Crippen molar-refractivity contribution in [3.63, 3.8) is 0 Å². The second kappa shape index (κ2) is 5.74. The fourth-order valence-electron chi connectivity index (χ4n) is 1.50. The number of nitrogens with zero attached hydrogens (tertiary/aromatic N) is 2. The summed E-state index contributed by atoms with van der Waals surface area (Å²) in [6.45, 7) is 12.7. The summed E-state index contributed by atoms with van der Waals surface area (Å²) >= 11 is 0. The van der Waals surface area contributed by atoms with Crippen molar-refractivity contribution >= 4 is 5.97 Å². The molecule has 19 heavy (non-hydrogen) atoms. The number of rotatable bonds is 4. The predicted octanol–water partition coefficient (Wildman–Crippen LogP) is 2.07. The molecule has 0 aromatic carbocycles. The van der Waals surface area contributed by atoms with Crippen LogP contribution in [0.4, 0.5) is 0 Å². The maximum Gasteiger partial charge on any atom is 0.320 e. The lowest BCUT2D eigenvalue weighted by Gasteiger charge is -2.19. The van der Waals surface area contributed by atoms with Gasteiger partial charge in [-0.3, -0.25) is 9.48 Å². The lowest BCUT2D eigenvalue weighted by atomic mass is 10.1. The molecule has 0 radical (unpaired) electrons. The zero-order chi connectivity index (χ0) is 14.7. The van der Waals surface area contributed by atoms with Gasteiger partial charge in [-0.15, -0.1) is 0 Å². The number of carbonyl (C=O) groups is 1. The van der Waals surface area contributed by atoms with Gasteiger partial charge in [0.05, 0.1) is 18.3 Å². The van der Waals surface area contributed by atoms with Crippen molar-refractivity contribution in [3.05, 3.63) is 18.0 Å². The van der Waals surface area contributed by atoms with E-state index in [9.17, 15) is 4.79 Å². The molecule has 108 valence electrons. The van der Waals surface area contributed by atoms with Crippen LogP contribution in [0.2, 0.25) is 0 Å². The molecule has 0 aliphatic heterocycles. The van der Waals surface area contributed by atoms with Crippen molar-refractivity contribution < 1.29 is 9.53 Å². The molecule has 1 aromatic heterocycles. The minimum Gasteiger partial charge on any atom is -0.459 e. The zero-order valence-corrected chi connectivity index (χ0v) is 12.8. The molecule has 0 saturated carbocycles. The number of aromatic nitrogens is 2. The van der Waals surface area contributed by atoms with Crippen molar-refractivity contribution in [2.45, 2.75) is 59.2 Å². The van der Waals surface area contributed by atoms with Gasteiger partial charge in [-0.05, 0) is 41.5 Å². The third-order valence-corrected chi connectivity index (χ3v) is 2.34. The highest BCUT2D eigenvalue weighted by Crippen LogP contribution is 2.13. The maximum absolute atomic E-state index is 11.5. The molecule has 1 N–H and O–H groups in total. The average molecular weight is 267 g/mol. The van der Waals surface area contributed by atoms with E-state index in [1.807, 2.05) is 37.8 Å². The first kappa shape index (κ1) is 15.7. The topological polar surface area (TPSA) is 56.1 Å². The minimum absolute atomic E-state index is 0.0244. The van der Waals surface area contributed by atoms with Gasteiger partial charge < -0.3 is 10.1 Å². The van der Waals surface area contributed by atoms with Crippen molar-refractivity contribution in [2.75, 3.05) is 6.54 Å². The van der Waals surface area contributed by atoms with Gasteiger partial charge in [0.15, 0.2) is 0 Å². The SMILES string of the molecule is CC(C)(C)OC(=O)CNCc1cnn(C(C)(C)C)c1. The zero-order valence-electron chi connectivity index (χ0n) is 12.8. The quantitative estimate of drug-likeness (QED) is 0.849. The second-order valence-corrected chi connectivity index (χ2v) is 6.65. The summed E-state index contributed by atoms with van der Waals surface area (Å²) in [5, 5.41) is 7.37. The minimum atomic E-state index is -0.435. The summed E-state index contributed by atoms with van der Waals surface area (Å²) in [6.07, 6.45) is 3.80. The summed E-state index contributed by atoms with van der Waals surface area (Å²) in [5.41, 5.74) is 0.595. The van der Waals surface area contributed by atoms with E-state index in [-0.39, 0.29) is 18.1 Å². The molecule has 5 nitrogen and oxygen atoms in total. The number of carbonyl (C=O) groups excluding carboxylic acids is 1. The smallest absolute Gasteiger partial charge is 0.320 e. The lowest BCUT2D eigenvalue weighted by Crippen LogP contribution is -2.31. The van der Waals surface area contributed by atoms with Crippen LogP contribution in [-0.2, 0) is 21.6 Å². The molecular formula is C14H25N3O2. The Hall–Kier alpha value is -1.36. The van der Waals surface area contributed by atoms with Crippen molar-refractivity contribution in [3.8, 4) is 0 Å². The summed E-state index contributed by atoms with van der Waals surface area (Å²) in [6, 6.07) is 0. The first-order chi connectivity index (χ1) is 8.58. The van der Waals surface area contributed by atoms with Crippen LogP contribution in [0.25, 0.3) is 0 Å². The largest absolute Gasteiger partial charge is 0.459 e. The van der Waals surface area contributed by atoms with E-state index in [2.05, 4.69) is 31.2 Å². The Morgan fingerprint density at radius 2 is 1.95 bits per heavy atom. The molecule has 5 heteroatoms. The van der Waals surface area contributed by atoms with Crippen LogP contribution in [0.5, 0.6) is 0 Å². The second-order valence-electron chi connectivity index (χ2n) is 6.65. The molecule has 1 aromatic rings. The van der Waals surface area contributed by atoms with E-state index in [1.165, 1.54) is 0 Å². The van der Waals surface area contributed by atoms with Gasteiger partial charge in [0.25, 0.3) is 0 Å². The number of ether oxygens (including phenoxy) is 1. The third kappa shape index (κ3) is 5.87. The van der Waals surface area contributed by atoms with Crippen molar-refractivity contribution in [2.24, 2.45) is 0 Å². The van der Waals surface area contributed by atoms with Crippen LogP contribution in [0.3, 0.4) is 0 Å². The molecule has 0 aliphatic rings. The number of hydrogen-bond acceptors (Lipinski definition) is 4. The fourth-order valence-corrected chi connectivity index (χ4v) is 1.50. The Morgan fingerprint density at radius 1 is 1.32 bits per heavy atom. The van der Waals surface area contributed by atoms with E-state index < -0.39 is 5.60 Å². The standard InChI is InChI=1S/C14H25N3O2/c1-13(2,3)17-10-11(8-16-17)7-15-9-12(18)19-14(4,5)6/h8,10,15H,7,9H2,1-6H3. The molecule has 0 unspecified atom stereocenters. The van der Waals surface area contributed by atoms with Crippen LogP contribution in [0.1, 0.15) is 47.1 Å². The lowest BCUT2D eigenvalue weighted by molar-refractivity contribution is -0.153. The fraction of sp³-hybridized carbons (Fsp3) is 0.714. The van der Waals surface area contributed by atoms with Gasteiger partial charge in [0.2, 0.25) is 0 Å². The average Bonchev–Trinajstić information content (AvgIpc) is 2.62. The predicted molar refractivity (Wildman–Crippen MR) is 74.8 cm³/mol. The molecule has 0 bridgehead atoms. The Balaban J connectivity index is 2.38. The summed E-state index contributed by atoms with van der Waals surface area (Å²) < 4.78 is 7.13. The highest BCUT2D eigenvalue weighted by atomic mass is 16.6. The van der Waals surface area contributed by atoms with Crippen molar-refractivity contribution in [1.29, 1.82) is 0 Å². The monoisotopic (exact) mass is 267 g/mol. The van der Waals surface area contributed by atoms with Gasteiger partial charge in [-0.1, -0.05) is 0 Å². The van der Waals surface area contributed by atoms with E-state index in [1.54, 1.807) is 0 Å². The van der Waals surface area contributed by atoms with Crippen LogP contribution in [-0.4, -0.2) is 27.9 Å². The molecule has 1 heterocycles.